The number of nitriles is 1. The van der Waals surface area contributed by atoms with Crippen molar-refractivity contribution < 1.29 is 13.9 Å². The number of hydrogen-bond acceptors (Lipinski definition) is 7. The van der Waals surface area contributed by atoms with Gasteiger partial charge in [0.15, 0.2) is 18.2 Å². The summed E-state index contributed by atoms with van der Waals surface area (Å²) in [7, 11) is 0. The number of nitrogens with zero attached hydrogens (tertiary/aromatic N) is 3. The van der Waals surface area contributed by atoms with Gasteiger partial charge >= 0.3 is 0 Å². The Kier molecular flexibility index (Phi) is 5.62. The quantitative estimate of drug-likeness (QED) is 0.577. The topological polar surface area (TPSA) is 126 Å². The van der Waals surface area contributed by atoms with Crippen LogP contribution < -0.4 is 21.1 Å². The van der Waals surface area contributed by atoms with Crippen LogP contribution in [0.25, 0.3) is 0 Å². The number of nitrogens with one attached hydrogen (secondary N) is 2. The van der Waals surface area contributed by atoms with Crippen LogP contribution in [0.2, 0.25) is 0 Å². The summed E-state index contributed by atoms with van der Waals surface area (Å²) < 4.78 is 19.3. The average molecular weight is 378 g/mol. The van der Waals surface area contributed by atoms with Gasteiger partial charge in [-0.05, 0) is 36.4 Å². The average Bonchev–Trinajstić information content (AvgIpc) is 2.70. The molecule has 3 aromatic rings. The number of carbonyl (C=O) groups is 1. The SMILES string of the molecule is N#Cc1ccc(Nc2ncc(F)c(Nc3cccc(OCC(N)=O)c3)n2)cc1. The monoisotopic (exact) mass is 378 g/mol. The molecule has 3 rings (SSSR count). The van der Waals surface area contributed by atoms with Gasteiger partial charge in [0.25, 0.3) is 5.91 Å². The van der Waals surface area contributed by atoms with E-state index in [2.05, 4.69) is 20.6 Å². The summed E-state index contributed by atoms with van der Waals surface area (Å²) in [6.07, 6.45) is 1.04. The third-order valence-corrected chi connectivity index (χ3v) is 3.49. The molecule has 0 aliphatic rings. The zero-order chi connectivity index (χ0) is 19.9. The number of aromatic nitrogens is 2. The van der Waals surface area contributed by atoms with Crippen molar-refractivity contribution in [1.82, 2.24) is 9.97 Å². The Morgan fingerprint density at radius 1 is 1.18 bits per heavy atom. The summed E-state index contributed by atoms with van der Waals surface area (Å²) in [5.74, 6) is -0.713. The van der Waals surface area contributed by atoms with Crippen molar-refractivity contribution in [2.45, 2.75) is 0 Å². The fourth-order valence-electron chi connectivity index (χ4n) is 2.23. The predicted molar refractivity (Wildman–Crippen MR) is 101 cm³/mol. The summed E-state index contributed by atoms with van der Waals surface area (Å²) in [6, 6.07) is 15.3. The second-order valence-electron chi connectivity index (χ2n) is 5.61. The molecule has 0 aliphatic heterocycles. The molecule has 1 heterocycles. The van der Waals surface area contributed by atoms with Crippen LogP contribution in [-0.4, -0.2) is 22.5 Å². The summed E-state index contributed by atoms with van der Waals surface area (Å²) >= 11 is 0. The second kappa shape index (κ2) is 8.46. The number of amides is 1. The van der Waals surface area contributed by atoms with E-state index in [4.69, 9.17) is 15.7 Å². The first-order chi connectivity index (χ1) is 13.5. The number of primary amides is 1. The summed E-state index contributed by atoms with van der Waals surface area (Å²) in [6.45, 7) is -0.260. The van der Waals surface area contributed by atoms with Gasteiger partial charge in [0, 0.05) is 17.4 Å². The molecule has 0 aliphatic carbocycles. The van der Waals surface area contributed by atoms with E-state index in [1.165, 1.54) is 0 Å². The van der Waals surface area contributed by atoms with Gasteiger partial charge in [0.1, 0.15) is 5.75 Å². The Bertz CT molecular complexity index is 1030. The van der Waals surface area contributed by atoms with Crippen LogP contribution in [0.4, 0.5) is 27.5 Å². The Morgan fingerprint density at radius 2 is 1.96 bits per heavy atom. The van der Waals surface area contributed by atoms with Crippen LogP contribution in [0.1, 0.15) is 5.56 Å². The number of carbonyl (C=O) groups excluding carboxylic acids is 1. The molecule has 0 saturated carbocycles. The van der Waals surface area contributed by atoms with E-state index < -0.39 is 11.7 Å². The highest BCUT2D eigenvalue weighted by Crippen LogP contribution is 2.23. The lowest BCUT2D eigenvalue weighted by atomic mass is 10.2. The van der Waals surface area contributed by atoms with Crippen molar-refractivity contribution in [3.63, 3.8) is 0 Å². The molecule has 140 valence electrons. The highest BCUT2D eigenvalue weighted by atomic mass is 19.1. The van der Waals surface area contributed by atoms with E-state index >= 15 is 0 Å². The zero-order valence-corrected chi connectivity index (χ0v) is 14.5. The third-order valence-electron chi connectivity index (χ3n) is 3.49. The Morgan fingerprint density at radius 3 is 2.68 bits per heavy atom. The van der Waals surface area contributed by atoms with E-state index in [0.717, 1.165) is 6.20 Å². The van der Waals surface area contributed by atoms with E-state index in [9.17, 15) is 9.18 Å². The fraction of sp³-hybridized carbons (Fsp3) is 0.0526. The van der Waals surface area contributed by atoms with Crippen molar-refractivity contribution in [1.29, 1.82) is 5.26 Å². The zero-order valence-electron chi connectivity index (χ0n) is 14.5. The minimum Gasteiger partial charge on any atom is -0.484 e. The normalized spacial score (nSPS) is 10.0. The van der Waals surface area contributed by atoms with Crippen LogP contribution in [0.5, 0.6) is 5.75 Å². The van der Waals surface area contributed by atoms with Gasteiger partial charge in [-0.25, -0.2) is 9.37 Å². The largest absolute Gasteiger partial charge is 0.484 e. The van der Waals surface area contributed by atoms with Gasteiger partial charge in [0.05, 0.1) is 17.8 Å². The van der Waals surface area contributed by atoms with Crippen molar-refractivity contribution in [2.75, 3.05) is 17.2 Å². The lowest BCUT2D eigenvalue weighted by Gasteiger charge is -2.11. The molecule has 28 heavy (non-hydrogen) atoms. The molecule has 8 nitrogen and oxygen atoms in total. The van der Waals surface area contributed by atoms with Crippen LogP contribution >= 0.6 is 0 Å². The number of nitrogens with two attached hydrogens (primary N) is 1. The highest BCUT2D eigenvalue weighted by molar-refractivity contribution is 5.75. The number of anilines is 4. The van der Waals surface area contributed by atoms with Gasteiger partial charge in [-0.3, -0.25) is 4.79 Å². The summed E-state index contributed by atoms with van der Waals surface area (Å²) in [5, 5.41) is 14.6. The molecular weight excluding hydrogens is 363 g/mol. The van der Waals surface area contributed by atoms with E-state index in [-0.39, 0.29) is 18.4 Å². The minimum atomic E-state index is -0.645. The van der Waals surface area contributed by atoms with Crippen LogP contribution in [-0.2, 0) is 4.79 Å². The van der Waals surface area contributed by atoms with Crippen LogP contribution in [0, 0.1) is 17.1 Å². The fourth-order valence-corrected chi connectivity index (χ4v) is 2.23. The lowest BCUT2D eigenvalue weighted by Crippen LogP contribution is -2.20. The molecule has 4 N–H and O–H groups in total. The van der Waals surface area contributed by atoms with Gasteiger partial charge in [-0.15, -0.1) is 0 Å². The van der Waals surface area contributed by atoms with Gasteiger partial charge in [-0.2, -0.15) is 10.2 Å². The van der Waals surface area contributed by atoms with Crippen molar-refractivity contribution in [2.24, 2.45) is 5.73 Å². The maximum atomic E-state index is 14.1. The highest BCUT2D eigenvalue weighted by Gasteiger charge is 2.09. The lowest BCUT2D eigenvalue weighted by molar-refractivity contribution is -0.119. The van der Waals surface area contributed by atoms with Crippen LogP contribution in [0.15, 0.2) is 54.7 Å². The molecule has 2 aromatic carbocycles. The summed E-state index contributed by atoms with van der Waals surface area (Å²) in [4.78, 5) is 18.8. The first-order valence-electron chi connectivity index (χ1n) is 8.11. The van der Waals surface area contributed by atoms with E-state index in [1.54, 1.807) is 48.5 Å². The molecule has 0 unspecified atom stereocenters. The van der Waals surface area contributed by atoms with E-state index in [1.807, 2.05) is 6.07 Å². The molecule has 1 amide bonds. The second-order valence-corrected chi connectivity index (χ2v) is 5.61. The standard InChI is InChI=1S/C19H15FN6O2/c20-16-10-23-19(25-13-6-4-12(9-21)5-7-13)26-18(16)24-14-2-1-3-15(8-14)28-11-17(22)27/h1-8,10H,11H2,(H2,22,27)(H2,23,24,25,26). The number of hydrogen-bond donors (Lipinski definition) is 3. The molecule has 0 radical (unpaired) electrons. The maximum Gasteiger partial charge on any atom is 0.255 e. The van der Waals surface area contributed by atoms with Gasteiger partial charge < -0.3 is 21.1 Å². The van der Waals surface area contributed by atoms with Gasteiger partial charge in [-0.1, -0.05) is 6.07 Å². The molecule has 9 heteroatoms. The van der Waals surface area contributed by atoms with Crippen molar-refractivity contribution in [3.8, 4) is 11.8 Å². The number of benzene rings is 2. The molecule has 0 atom stereocenters. The van der Waals surface area contributed by atoms with Crippen molar-refractivity contribution >= 4 is 29.0 Å². The van der Waals surface area contributed by atoms with E-state index in [0.29, 0.717) is 22.7 Å². The number of halogens is 1. The smallest absolute Gasteiger partial charge is 0.255 e. The Labute approximate surface area is 159 Å². The summed E-state index contributed by atoms with van der Waals surface area (Å²) in [5.41, 5.74) is 6.72. The molecule has 1 aromatic heterocycles. The molecule has 0 spiro atoms. The van der Waals surface area contributed by atoms with Crippen LogP contribution in [0.3, 0.4) is 0 Å². The number of ether oxygens (including phenoxy) is 1. The molecular formula is C19H15FN6O2. The molecule has 0 saturated heterocycles. The predicted octanol–water partition coefficient (Wildman–Crippen LogP) is 2.84. The Balaban J connectivity index is 1.75. The number of rotatable bonds is 7. The Hall–Kier alpha value is -4.19. The van der Waals surface area contributed by atoms with Gasteiger partial charge in [0.2, 0.25) is 5.95 Å². The first kappa shape index (κ1) is 18.6. The van der Waals surface area contributed by atoms with Crippen molar-refractivity contribution in [3.05, 3.63) is 66.1 Å². The first-order valence-corrected chi connectivity index (χ1v) is 8.11. The minimum absolute atomic E-state index is 0.0433. The molecule has 0 fully saturated rings. The maximum absolute atomic E-state index is 14.1. The molecule has 0 bridgehead atoms. The third kappa shape index (κ3) is 4.92.